The fourth-order valence-electron chi connectivity index (χ4n) is 6.14. The summed E-state index contributed by atoms with van der Waals surface area (Å²) in [6.45, 7) is 10.9. The molecular weight excluding hydrogens is 551 g/mol. The molecule has 0 saturated carbocycles. The van der Waals surface area contributed by atoms with Crippen LogP contribution in [-0.4, -0.2) is 55.4 Å². The minimum Gasteiger partial charge on any atom is -0.482 e. The number of amides is 1. The van der Waals surface area contributed by atoms with Crippen LogP contribution >= 0.6 is 11.3 Å². The second kappa shape index (κ2) is 11.8. The fraction of sp³-hybridized carbons (Fsp3) is 0.515. The first kappa shape index (κ1) is 28.9. The molecule has 1 aromatic heterocycles. The predicted molar refractivity (Wildman–Crippen MR) is 165 cm³/mol. The molecule has 1 amide bonds. The van der Waals surface area contributed by atoms with E-state index in [4.69, 9.17) is 9.47 Å². The molecular formula is C33H41FN4O3S. The molecule has 4 heterocycles. The lowest BCUT2D eigenvalue weighted by Gasteiger charge is -2.41. The van der Waals surface area contributed by atoms with Gasteiger partial charge in [-0.05, 0) is 41.5 Å². The number of hydrogen-bond donors (Lipinski definition) is 1. The van der Waals surface area contributed by atoms with Crippen molar-refractivity contribution < 1.29 is 18.7 Å². The Balaban J connectivity index is 1.12. The summed E-state index contributed by atoms with van der Waals surface area (Å²) < 4.78 is 27.5. The number of fused-ring (bicyclic) bond motifs is 1. The summed E-state index contributed by atoms with van der Waals surface area (Å²) in [7, 11) is 0. The maximum absolute atomic E-state index is 15.3. The molecule has 224 valence electrons. The van der Waals surface area contributed by atoms with E-state index >= 15 is 4.39 Å². The lowest BCUT2D eigenvalue weighted by molar-refractivity contribution is 0.0375. The van der Waals surface area contributed by atoms with E-state index in [0.717, 1.165) is 69.2 Å². The first-order chi connectivity index (χ1) is 20.2. The maximum Gasteiger partial charge on any atom is 0.263 e. The van der Waals surface area contributed by atoms with Crippen molar-refractivity contribution in [3.05, 3.63) is 70.5 Å². The monoisotopic (exact) mass is 592 g/mol. The van der Waals surface area contributed by atoms with Crippen molar-refractivity contribution in [1.82, 2.24) is 10.3 Å². The molecule has 0 unspecified atom stereocenters. The number of ether oxygens (including phenoxy) is 2. The zero-order valence-corrected chi connectivity index (χ0v) is 25.6. The van der Waals surface area contributed by atoms with Gasteiger partial charge in [-0.2, -0.15) is 0 Å². The molecule has 3 aliphatic heterocycles. The standard InChI is InChI=1S/C33H41FN4O3S/c1-32(2,3)24-11-9-23(10-12-24)22-38-18-15-33(41-29-26(34)7-4-8-27(29)38)13-16-37(17-14-33)31-36-21-28(42-31)30(39)35-20-25-6-5-19-40-25/h4,7-12,21,25H,5-6,13-20,22H2,1-3H3,(H,35,39)/t25-/m1/s1. The summed E-state index contributed by atoms with van der Waals surface area (Å²) in [5.41, 5.74) is 2.96. The van der Waals surface area contributed by atoms with E-state index in [1.807, 2.05) is 6.07 Å². The number of piperidine rings is 1. The minimum absolute atomic E-state index is 0.100. The van der Waals surface area contributed by atoms with Crippen LogP contribution in [0, 0.1) is 5.82 Å². The predicted octanol–water partition coefficient (Wildman–Crippen LogP) is 6.32. The number of nitrogens with zero attached hydrogens (tertiary/aromatic N) is 3. The quantitative estimate of drug-likeness (QED) is 0.362. The van der Waals surface area contributed by atoms with Gasteiger partial charge in [0, 0.05) is 58.6 Å². The second-order valence-electron chi connectivity index (χ2n) is 12.8. The number of thiazole rings is 1. The van der Waals surface area contributed by atoms with E-state index in [-0.39, 0.29) is 23.2 Å². The molecule has 7 nitrogen and oxygen atoms in total. The number of halogens is 1. The molecule has 2 aromatic carbocycles. The van der Waals surface area contributed by atoms with E-state index in [1.54, 1.807) is 12.3 Å². The van der Waals surface area contributed by atoms with Crippen molar-refractivity contribution in [2.24, 2.45) is 0 Å². The molecule has 6 rings (SSSR count). The smallest absolute Gasteiger partial charge is 0.263 e. The number of para-hydroxylation sites is 1. The number of hydrogen-bond acceptors (Lipinski definition) is 7. The summed E-state index contributed by atoms with van der Waals surface area (Å²) in [5, 5.41) is 3.82. The summed E-state index contributed by atoms with van der Waals surface area (Å²) in [5.74, 6) is -0.0628. The van der Waals surface area contributed by atoms with Gasteiger partial charge in [-0.15, -0.1) is 0 Å². The summed E-state index contributed by atoms with van der Waals surface area (Å²) >= 11 is 1.42. The average Bonchev–Trinajstić information content (AvgIpc) is 3.66. The van der Waals surface area contributed by atoms with Crippen LogP contribution in [0.1, 0.15) is 73.7 Å². The Hall–Kier alpha value is -3.17. The minimum atomic E-state index is -0.447. The van der Waals surface area contributed by atoms with Crippen LogP contribution in [0.2, 0.25) is 0 Å². The average molecular weight is 593 g/mol. The number of benzene rings is 2. The molecule has 2 saturated heterocycles. The first-order valence-corrected chi connectivity index (χ1v) is 15.9. The van der Waals surface area contributed by atoms with Crippen molar-refractivity contribution in [1.29, 1.82) is 0 Å². The van der Waals surface area contributed by atoms with Crippen molar-refractivity contribution >= 4 is 28.1 Å². The highest BCUT2D eigenvalue weighted by Gasteiger charge is 2.41. The second-order valence-corrected chi connectivity index (χ2v) is 13.8. The highest BCUT2D eigenvalue weighted by molar-refractivity contribution is 7.17. The Morgan fingerprint density at radius 3 is 2.60 bits per heavy atom. The van der Waals surface area contributed by atoms with Gasteiger partial charge in [0.2, 0.25) is 0 Å². The fourth-order valence-corrected chi connectivity index (χ4v) is 7.03. The van der Waals surface area contributed by atoms with Gasteiger partial charge in [-0.3, -0.25) is 4.79 Å². The molecule has 1 atom stereocenters. The van der Waals surface area contributed by atoms with Crippen molar-refractivity contribution in [2.75, 3.05) is 42.6 Å². The Morgan fingerprint density at radius 1 is 1.12 bits per heavy atom. The van der Waals surface area contributed by atoms with E-state index in [2.05, 4.69) is 65.1 Å². The Kier molecular flexibility index (Phi) is 8.16. The highest BCUT2D eigenvalue weighted by atomic mass is 32.1. The number of carbonyl (C=O) groups excluding carboxylic acids is 1. The molecule has 2 fully saturated rings. The lowest BCUT2D eigenvalue weighted by atomic mass is 9.86. The molecule has 0 radical (unpaired) electrons. The van der Waals surface area contributed by atoms with Crippen molar-refractivity contribution in [2.45, 2.75) is 76.5 Å². The van der Waals surface area contributed by atoms with Crippen LogP contribution in [-0.2, 0) is 16.7 Å². The molecule has 0 bridgehead atoms. The van der Waals surface area contributed by atoms with E-state index in [0.29, 0.717) is 23.7 Å². The van der Waals surface area contributed by atoms with E-state index < -0.39 is 5.60 Å². The van der Waals surface area contributed by atoms with Crippen LogP contribution in [0.25, 0.3) is 0 Å². The first-order valence-electron chi connectivity index (χ1n) is 15.1. The van der Waals surface area contributed by atoms with Gasteiger partial charge in [-0.25, -0.2) is 9.37 Å². The number of aromatic nitrogens is 1. The van der Waals surface area contributed by atoms with Gasteiger partial charge in [0.05, 0.1) is 18.0 Å². The highest BCUT2D eigenvalue weighted by Crippen LogP contribution is 2.43. The summed E-state index contributed by atoms with van der Waals surface area (Å²) in [6, 6.07) is 14.0. The van der Waals surface area contributed by atoms with Crippen molar-refractivity contribution in [3.8, 4) is 5.75 Å². The van der Waals surface area contributed by atoms with Gasteiger partial charge >= 0.3 is 0 Å². The Morgan fingerprint density at radius 2 is 1.88 bits per heavy atom. The van der Waals surface area contributed by atoms with Crippen LogP contribution in [0.5, 0.6) is 5.75 Å². The van der Waals surface area contributed by atoms with Gasteiger partial charge in [0.15, 0.2) is 16.7 Å². The molecule has 0 aliphatic carbocycles. The third kappa shape index (κ3) is 6.27. The number of anilines is 2. The number of rotatable bonds is 6. The van der Waals surface area contributed by atoms with Crippen LogP contribution in [0.15, 0.2) is 48.7 Å². The third-order valence-corrected chi connectivity index (χ3v) is 9.87. The molecule has 1 spiro atoms. The zero-order valence-electron chi connectivity index (χ0n) is 24.8. The van der Waals surface area contributed by atoms with E-state index in [1.165, 1.54) is 28.5 Å². The molecule has 42 heavy (non-hydrogen) atoms. The van der Waals surface area contributed by atoms with Gasteiger partial charge in [0.1, 0.15) is 10.5 Å². The van der Waals surface area contributed by atoms with Crippen molar-refractivity contribution in [3.63, 3.8) is 0 Å². The van der Waals surface area contributed by atoms with E-state index in [9.17, 15) is 4.79 Å². The SMILES string of the molecule is CC(C)(C)c1ccc(CN2CCC3(CCN(c4ncc(C(=O)NC[C@H]5CCCO5)s4)CC3)Oc3c(F)cccc32)cc1. The van der Waals surface area contributed by atoms with Crippen LogP contribution < -0.4 is 19.9 Å². The normalized spacial score (nSPS) is 20.2. The largest absolute Gasteiger partial charge is 0.482 e. The molecule has 3 aliphatic rings. The summed E-state index contributed by atoms with van der Waals surface area (Å²) in [4.78, 5) is 22.3. The van der Waals surface area contributed by atoms with Gasteiger partial charge in [-0.1, -0.05) is 62.4 Å². The van der Waals surface area contributed by atoms with Crippen LogP contribution in [0.4, 0.5) is 15.2 Å². The maximum atomic E-state index is 15.3. The Labute approximate surface area is 252 Å². The van der Waals surface area contributed by atoms with Crippen LogP contribution in [0.3, 0.4) is 0 Å². The van der Waals surface area contributed by atoms with Gasteiger partial charge < -0.3 is 24.6 Å². The summed E-state index contributed by atoms with van der Waals surface area (Å²) in [6.07, 6.45) is 6.14. The van der Waals surface area contributed by atoms with Gasteiger partial charge in [0.25, 0.3) is 5.91 Å². The molecule has 9 heteroatoms. The topological polar surface area (TPSA) is 66.9 Å². The molecule has 3 aromatic rings. The molecule has 1 N–H and O–H groups in total. The number of carbonyl (C=O) groups is 1. The number of nitrogens with one attached hydrogen (secondary N) is 1. The zero-order chi connectivity index (χ0) is 29.3. The Bertz CT molecular complexity index is 1390. The lowest BCUT2D eigenvalue weighted by Crippen LogP contribution is -2.48. The third-order valence-electron chi connectivity index (χ3n) is 8.81.